The maximum atomic E-state index is 5.17. The largest absolute Gasteiger partial charge is 0.481 e. The third-order valence-electron chi connectivity index (χ3n) is 3.73. The maximum Gasteiger partial charge on any atom is 0.229 e. The highest BCUT2D eigenvalue weighted by Gasteiger charge is 2.41. The summed E-state index contributed by atoms with van der Waals surface area (Å²) < 4.78 is 5.17. The Labute approximate surface area is 110 Å². The van der Waals surface area contributed by atoms with E-state index in [9.17, 15) is 0 Å². The molecule has 3 heterocycles. The average Bonchev–Trinajstić information content (AvgIpc) is 2.62. The normalized spacial score (nSPS) is 31.6. The summed E-state index contributed by atoms with van der Waals surface area (Å²) in [5, 5.41) is 0. The number of ether oxygens (including phenoxy) is 1. The lowest BCUT2D eigenvalue weighted by atomic mass is 10.0. The Morgan fingerprint density at radius 3 is 2.71 bits per heavy atom. The predicted molar refractivity (Wildman–Crippen MR) is 69.8 cm³/mol. The second-order valence-electron chi connectivity index (χ2n) is 4.76. The molecule has 0 spiro atoms. The minimum Gasteiger partial charge on any atom is -0.481 e. The standard InChI is InChI=1S/C12H16BrN3O/c1-17-11-4-5-14-12(15-11)16-9-2-3-10(16)7-8(13)6-9/h4-5,8-10H,2-3,6-7H2,1H3. The first kappa shape index (κ1) is 11.3. The fraction of sp³-hybridized carbons (Fsp3) is 0.667. The van der Waals surface area contributed by atoms with Crippen LogP contribution in [0, 0.1) is 0 Å². The zero-order valence-electron chi connectivity index (χ0n) is 9.84. The van der Waals surface area contributed by atoms with E-state index in [2.05, 4.69) is 30.8 Å². The van der Waals surface area contributed by atoms with Crippen LogP contribution in [0.4, 0.5) is 5.95 Å². The van der Waals surface area contributed by atoms with Gasteiger partial charge in [-0.25, -0.2) is 4.98 Å². The van der Waals surface area contributed by atoms with Crippen molar-refractivity contribution < 1.29 is 4.74 Å². The molecule has 2 saturated heterocycles. The summed E-state index contributed by atoms with van der Waals surface area (Å²) in [6.07, 6.45) is 6.68. The van der Waals surface area contributed by atoms with Gasteiger partial charge in [-0.15, -0.1) is 0 Å². The molecule has 0 radical (unpaired) electrons. The lowest BCUT2D eigenvalue weighted by Gasteiger charge is -2.37. The Hall–Kier alpha value is -0.840. The number of aromatic nitrogens is 2. The zero-order chi connectivity index (χ0) is 11.8. The first-order valence-corrected chi connectivity index (χ1v) is 6.99. The van der Waals surface area contributed by atoms with Crippen molar-refractivity contribution in [3.63, 3.8) is 0 Å². The zero-order valence-corrected chi connectivity index (χ0v) is 11.4. The van der Waals surface area contributed by atoms with E-state index in [4.69, 9.17) is 4.74 Å². The van der Waals surface area contributed by atoms with E-state index in [0.29, 0.717) is 22.8 Å². The molecule has 4 nitrogen and oxygen atoms in total. The van der Waals surface area contributed by atoms with Gasteiger partial charge in [0.05, 0.1) is 7.11 Å². The molecule has 17 heavy (non-hydrogen) atoms. The van der Waals surface area contributed by atoms with Crippen LogP contribution in [0.25, 0.3) is 0 Å². The van der Waals surface area contributed by atoms with Crippen LogP contribution in [-0.2, 0) is 0 Å². The minimum absolute atomic E-state index is 0.588. The Morgan fingerprint density at radius 1 is 1.35 bits per heavy atom. The van der Waals surface area contributed by atoms with Crippen molar-refractivity contribution in [2.45, 2.75) is 42.6 Å². The smallest absolute Gasteiger partial charge is 0.229 e. The van der Waals surface area contributed by atoms with Gasteiger partial charge in [0, 0.05) is 29.2 Å². The molecule has 0 N–H and O–H groups in total. The molecule has 92 valence electrons. The van der Waals surface area contributed by atoms with Crippen LogP contribution in [0.15, 0.2) is 12.3 Å². The molecule has 5 heteroatoms. The first-order chi connectivity index (χ1) is 8.28. The quantitative estimate of drug-likeness (QED) is 0.786. The molecule has 1 aromatic rings. The summed E-state index contributed by atoms with van der Waals surface area (Å²) in [5.41, 5.74) is 0. The Kier molecular flexibility index (Phi) is 2.94. The molecule has 2 atom stereocenters. The van der Waals surface area contributed by atoms with Crippen LogP contribution in [0.2, 0.25) is 0 Å². The second-order valence-corrected chi connectivity index (χ2v) is 6.05. The molecule has 2 aliphatic rings. The Balaban J connectivity index is 1.89. The van der Waals surface area contributed by atoms with E-state index in [1.807, 2.05) is 0 Å². The van der Waals surface area contributed by atoms with Gasteiger partial charge in [-0.1, -0.05) is 15.9 Å². The Morgan fingerprint density at radius 2 is 2.06 bits per heavy atom. The van der Waals surface area contributed by atoms with E-state index >= 15 is 0 Å². The van der Waals surface area contributed by atoms with Gasteiger partial charge in [-0.3, -0.25) is 0 Å². The van der Waals surface area contributed by atoms with Gasteiger partial charge in [0.2, 0.25) is 11.8 Å². The fourth-order valence-electron chi connectivity index (χ4n) is 3.01. The molecule has 0 aromatic carbocycles. The van der Waals surface area contributed by atoms with Crippen molar-refractivity contribution in [2.24, 2.45) is 0 Å². The molecule has 2 unspecified atom stereocenters. The van der Waals surface area contributed by atoms with Gasteiger partial charge >= 0.3 is 0 Å². The SMILES string of the molecule is COc1ccnc(N2C3CCC2CC(Br)C3)n1. The molecule has 1 aromatic heterocycles. The van der Waals surface area contributed by atoms with Crippen LogP contribution in [0.3, 0.4) is 0 Å². The number of piperidine rings is 1. The van der Waals surface area contributed by atoms with Crippen molar-refractivity contribution in [3.05, 3.63) is 12.3 Å². The van der Waals surface area contributed by atoms with Crippen molar-refractivity contribution >= 4 is 21.9 Å². The van der Waals surface area contributed by atoms with E-state index in [1.54, 1.807) is 19.4 Å². The monoisotopic (exact) mass is 297 g/mol. The summed E-state index contributed by atoms with van der Waals surface area (Å²) >= 11 is 3.75. The fourth-order valence-corrected chi connectivity index (χ4v) is 3.87. The number of nitrogens with zero attached hydrogens (tertiary/aromatic N) is 3. The van der Waals surface area contributed by atoms with Crippen LogP contribution in [0.1, 0.15) is 25.7 Å². The first-order valence-electron chi connectivity index (χ1n) is 6.07. The lowest BCUT2D eigenvalue weighted by Crippen LogP contribution is -2.44. The predicted octanol–water partition coefficient (Wildman–Crippen LogP) is 2.38. The highest BCUT2D eigenvalue weighted by molar-refractivity contribution is 9.09. The van der Waals surface area contributed by atoms with Gasteiger partial charge in [0.1, 0.15) is 0 Å². The molecular formula is C12H16BrN3O. The van der Waals surface area contributed by atoms with Crippen molar-refractivity contribution in [1.29, 1.82) is 0 Å². The number of rotatable bonds is 2. The maximum absolute atomic E-state index is 5.17. The van der Waals surface area contributed by atoms with Crippen LogP contribution >= 0.6 is 15.9 Å². The number of hydrogen-bond donors (Lipinski definition) is 0. The molecule has 0 aliphatic carbocycles. The van der Waals surface area contributed by atoms with Gasteiger partial charge in [0.25, 0.3) is 0 Å². The van der Waals surface area contributed by atoms with Crippen molar-refractivity contribution in [1.82, 2.24) is 9.97 Å². The Bertz CT molecular complexity index is 400. The molecular weight excluding hydrogens is 282 g/mol. The molecule has 0 saturated carbocycles. The highest BCUT2D eigenvalue weighted by atomic mass is 79.9. The average molecular weight is 298 g/mol. The second kappa shape index (κ2) is 4.44. The highest BCUT2D eigenvalue weighted by Crippen LogP contribution is 2.40. The number of anilines is 1. The third-order valence-corrected chi connectivity index (χ3v) is 4.48. The van der Waals surface area contributed by atoms with Crippen molar-refractivity contribution in [2.75, 3.05) is 12.0 Å². The van der Waals surface area contributed by atoms with Gasteiger partial charge in [-0.2, -0.15) is 4.98 Å². The number of fused-ring (bicyclic) bond motifs is 2. The van der Waals surface area contributed by atoms with Gasteiger partial charge in [0.15, 0.2) is 0 Å². The third kappa shape index (κ3) is 2.01. The van der Waals surface area contributed by atoms with E-state index in [0.717, 1.165) is 5.95 Å². The summed E-state index contributed by atoms with van der Waals surface area (Å²) in [5.74, 6) is 1.48. The summed E-state index contributed by atoms with van der Waals surface area (Å²) in [6.45, 7) is 0. The summed E-state index contributed by atoms with van der Waals surface area (Å²) in [6, 6.07) is 2.97. The van der Waals surface area contributed by atoms with Gasteiger partial charge < -0.3 is 9.64 Å². The number of hydrogen-bond acceptors (Lipinski definition) is 4. The minimum atomic E-state index is 0.588. The number of alkyl halides is 1. The van der Waals surface area contributed by atoms with E-state index < -0.39 is 0 Å². The van der Waals surface area contributed by atoms with Crippen LogP contribution in [0.5, 0.6) is 5.88 Å². The topological polar surface area (TPSA) is 38.2 Å². The van der Waals surface area contributed by atoms with E-state index in [-0.39, 0.29) is 0 Å². The van der Waals surface area contributed by atoms with Crippen LogP contribution < -0.4 is 9.64 Å². The molecule has 2 aliphatic heterocycles. The van der Waals surface area contributed by atoms with Crippen molar-refractivity contribution in [3.8, 4) is 5.88 Å². The number of methoxy groups -OCH3 is 1. The molecule has 2 bridgehead atoms. The molecule has 3 rings (SSSR count). The molecule has 2 fully saturated rings. The lowest BCUT2D eigenvalue weighted by molar-refractivity contribution is 0.394. The van der Waals surface area contributed by atoms with Crippen LogP contribution in [-0.4, -0.2) is 34.0 Å². The summed E-state index contributed by atoms with van der Waals surface area (Å²) in [4.78, 5) is 11.9. The molecule has 0 amide bonds. The van der Waals surface area contributed by atoms with E-state index in [1.165, 1.54) is 25.7 Å². The number of halogens is 1. The summed E-state index contributed by atoms with van der Waals surface area (Å²) in [7, 11) is 1.64. The van der Waals surface area contributed by atoms with Gasteiger partial charge in [-0.05, 0) is 25.7 Å².